The molecule has 0 aliphatic heterocycles. The quantitative estimate of drug-likeness (QED) is 0.560. The highest BCUT2D eigenvalue weighted by Crippen LogP contribution is 2.10. The number of carbonyl (C=O) groups is 1. The summed E-state index contributed by atoms with van der Waals surface area (Å²) < 4.78 is 0. The Morgan fingerprint density at radius 1 is 1.50 bits per heavy atom. The summed E-state index contributed by atoms with van der Waals surface area (Å²) in [6.07, 6.45) is 0. The predicted molar refractivity (Wildman–Crippen MR) is 53.9 cm³/mol. The monoisotopic (exact) mass is 226 g/mol. The smallest absolute Gasteiger partial charge is 0.176 e. The first kappa shape index (κ1) is 9.46. The van der Waals surface area contributed by atoms with Crippen LogP contribution in [0.15, 0.2) is 24.3 Å². The number of aryl methyl sites for hydroxylation is 1. The van der Waals surface area contributed by atoms with Crippen molar-refractivity contribution >= 4 is 21.7 Å². The number of rotatable bonds is 2. The Kier molecular flexibility index (Phi) is 3.04. The van der Waals surface area contributed by atoms with Crippen LogP contribution in [-0.2, 0) is 0 Å². The van der Waals surface area contributed by atoms with Crippen LogP contribution >= 0.6 is 15.9 Å². The van der Waals surface area contributed by atoms with E-state index in [1.165, 1.54) is 0 Å². The average molecular weight is 227 g/mol. The minimum absolute atomic E-state index is 0.0979. The first-order valence-corrected chi connectivity index (χ1v) is 4.78. The summed E-state index contributed by atoms with van der Waals surface area (Å²) >= 11 is 3.25. The van der Waals surface area contributed by atoms with Crippen molar-refractivity contribution in [1.82, 2.24) is 0 Å². The van der Waals surface area contributed by atoms with E-state index in [2.05, 4.69) is 15.9 Å². The molecule has 1 unspecified atom stereocenters. The summed E-state index contributed by atoms with van der Waals surface area (Å²) in [4.78, 5) is 11.4. The van der Waals surface area contributed by atoms with Crippen LogP contribution in [0.5, 0.6) is 0 Å². The molecule has 1 aromatic carbocycles. The number of Topliss-reactive ketones (excluding diaryl/α,β-unsaturated/α-hetero) is 1. The maximum absolute atomic E-state index is 11.4. The van der Waals surface area contributed by atoms with Crippen LogP contribution < -0.4 is 0 Å². The van der Waals surface area contributed by atoms with Crippen molar-refractivity contribution in [3.63, 3.8) is 0 Å². The highest BCUT2D eigenvalue weighted by molar-refractivity contribution is 9.10. The number of halogens is 1. The summed E-state index contributed by atoms with van der Waals surface area (Å²) in [6, 6.07) is 7.63. The highest BCUT2D eigenvalue weighted by Gasteiger charge is 2.10. The van der Waals surface area contributed by atoms with Crippen molar-refractivity contribution in [3.8, 4) is 0 Å². The Balaban J connectivity index is 2.96. The number of ketones is 1. The van der Waals surface area contributed by atoms with Crippen LogP contribution in [0.3, 0.4) is 0 Å². The van der Waals surface area contributed by atoms with E-state index in [-0.39, 0.29) is 10.6 Å². The Bertz CT molecular complexity index is 292. The fourth-order valence-electron chi connectivity index (χ4n) is 1.03. The van der Waals surface area contributed by atoms with Gasteiger partial charge in [-0.1, -0.05) is 39.7 Å². The van der Waals surface area contributed by atoms with Gasteiger partial charge in [-0.2, -0.15) is 0 Å². The van der Waals surface area contributed by atoms with E-state index in [9.17, 15) is 4.79 Å². The van der Waals surface area contributed by atoms with Crippen molar-refractivity contribution in [1.29, 1.82) is 0 Å². The van der Waals surface area contributed by atoms with E-state index in [1.807, 2.05) is 38.1 Å². The van der Waals surface area contributed by atoms with E-state index < -0.39 is 0 Å². The summed E-state index contributed by atoms with van der Waals surface area (Å²) in [5.41, 5.74) is 1.90. The third kappa shape index (κ3) is 2.18. The molecular weight excluding hydrogens is 216 g/mol. The predicted octanol–water partition coefficient (Wildman–Crippen LogP) is 2.96. The molecule has 1 atom stereocenters. The van der Waals surface area contributed by atoms with Crippen molar-refractivity contribution in [2.24, 2.45) is 0 Å². The minimum Gasteiger partial charge on any atom is -0.293 e. The van der Waals surface area contributed by atoms with Gasteiger partial charge in [-0.25, -0.2) is 0 Å². The molecule has 1 nitrogen and oxygen atoms in total. The van der Waals surface area contributed by atoms with Gasteiger partial charge >= 0.3 is 0 Å². The molecule has 0 saturated heterocycles. The molecule has 0 heterocycles. The molecule has 0 amide bonds. The van der Waals surface area contributed by atoms with E-state index in [1.54, 1.807) is 0 Å². The second kappa shape index (κ2) is 3.85. The lowest BCUT2D eigenvalue weighted by molar-refractivity contribution is 0.0996. The van der Waals surface area contributed by atoms with Gasteiger partial charge in [-0.3, -0.25) is 4.79 Å². The van der Waals surface area contributed by atoms with Gasteiger partial charge in [-0.05, 0) is 19.9 Å². The van der Waals surface area contributed by atoms with Gasteiger partial charge in [0.1, 0.15) is 0 Å². The van der Waals surface area contributed by atoms with E-state index in [0.717, 1.165) is 11.1 Å². The maximum atomic E-state index is 11.4. The van der Waals surface area contributed by atoms with Crippen LogP contribution in [0.4, 0.5) is 0 Å². The Morgan fingerprint density at radius 3 is 2.67 bits per heavy atom. The molecule has 0 aliphatic rings. The van der Waals surface area contributed by atoms with Crippen LogP contribution in [0, 0.1) is 6.92 Å². The third-order valence-electron chi connectivity index (χ3n) is 1.66. The van der Waals surface area contributed by atoms with Gasteiger partial charge in [0, 0.05) is 5.56 Å². The number of benzene rings is 1. The minimum atomic E-state index is -0.0979. The van der Waals surface area contributed by atoms with Gasteiger partial charge in [0.15, 0.2) is 5.78 Å². The zero-order chi connectivity index (χ0) is 9.14. The lowest BCUT2D eigenvalue weighted by Crippen LogP contribution is -2.09. The van der Waals surface area contributed by atoms with Crippen LogP contribution in [-0.4, -0.2) is 10.6 Å². The Labute approximate surface area is 80.9 Å². The molecule has 64 valence electrons. The summed E-state index contributed by atoms with van der Waals surface area (Å²) in [5, 5.41) is 0. The molecule has 0 aromatic heterocycles. The maximum Gasteiger partial charge on any atom is 0.176 e. The lowest BCUT2D eigenvalue weighted by atomic mass is 10.1. The van der Waals surface area contributed by atoms with Crippen LogP contribution in [0.25, 0.3) is 0 Å². The van der Waals surface area contributed by atoms with Crippen molar-refractivity contribution in [2.45, 2.75) is 18.7 Å². The molecular formula is C10H11BrO. The van der Waals surface area contributed by atoms with Gasteiger partial charge in [0.2, 0.25) is 0 Å². The molecule has 1 rings (SSSR count). The zero-order valence-electron chi connectivity index (χ0n) is 7.17. The molecule has 0 spiro atoms. The van der Waals surface area contributed by atoms with Gasteiger partial charge < -0.3 is 0 Å². The van der Waals surface area contributed by atoms with E-state index in [0.29, 0.717) is 0 Å². The average Bonchev–Trinajstić information content (AvgIpc) is 2.03. The molecule has 1 aromatic rings. The number of hydrogen-bond acceptors (Lipinski definition) is 1. The van der Waals surface area contributed by atoms with Crippen molar-refractivity contribution < 1.29 is 4.79 Å². The zero-order valence-corrected chi connectivity index (χ0v) is 8.76. The van der Waals surface area contributed by atoms with E-state index >= 15 is 0 Å². The third-order valence-corrected chi connectivity index (χ3v) is 2.08. The topological polar surface area (TPSA) is 17.1 Å². The molecule has 0 N–H and O–H groups in total. The lowest BCUT2D eigenvalue weighted by Gasteiger charge is -2.02. The fraction of sp³-hybridized carbons (Fsp3) is 0.300. The molecule has 2 heteroatoms. The van der Waals surface area contributed by atoms with Crippen LogP contribution in [0.1, 0.15) is 22.8 Å². The molecule has 12 heavy (non-hydrogen) atoms. The van der Waals surface area contributed by atoms with Crippen LogP contribution in [0.2, 0.25) is 0 Å². The van der Waals surface area contributed by atoms with Crippen molar-refractivity contribution in [2.75, 3.05) is 0 Å². The number of alkyl halides is 1. The summed E-state index contributed by atoms with van der Waals surface area (Å²) in [7, 11) is 0. The van der Waals surface area contributed by atoms with E-state index in [4.69, 9.17) is 0 Å². The normalized spacial score (nSPS) is 12.6. The molecule has 0 bridgehead atoms. The van der Waals surface area contributed by atoms with Crippen molar-refractivity contribution in [3.05, 3.63) is 35.4 Å². The first-order chi connectivity index (χ1) is 5.61. The second-order valence-electron chi connectivity index (χ2n) is 2.85. The van der Waals surface area contributed by atoms with Gasteiger partial charge in [0.25, 0.3) is 0 Å². The molecule has 0 saturated carbocycles. The largest absolute Gasteiger partial charge is 0.293 e. The van der Waals surface area contributed by atoms with Gasteiger partial charge in [-0.15, -0.1) is 0 Å². The number of hydrogen-bond donors (Lipinski definition) is 0. The number of carbonyl (C=O) groups excluding carboxylic acids is 1. The summed E-state index contributed by atoms with van der Waals surface area (Å²) in [6.45, 7) is 3.82. The van der Waals surface area contributed by atoms with Gasteiger partial charge in [0.05, 0.1) is 4.83 Å². The Morgan fingerprint density at radius 2 is 2.17 bits per heavy atom. The highest BCUT2D eigenvalue weighted by atomic mass is 79.9. The molecule has 0 aliphatic carbocycles. The fourth-order valence-corrected chi connectivity index (χ4v) is 1.29. The second-order valence-corrected chi connectivity index (χ2v) is 4.22. The molecule has 0 radical (unpaired) electrons. The summed E-state index contributed by atoms with van der Waals surface area (Å²) in [5.74, 6) is 0.138. The Hall–Kier alpha value is -0.630. The SMILES string of the molecule is Cc1cccc(C(=O)C(C)Br)c1. The standard InChI is InChI=1S/C10H11BrO/c1-7-4-3-5-9(6-7)10(12)8(2)11/h3-6,8H,1-2H3. The first-order valence-electron chi connectivity index (χ1n) is 3.86. The molecule has 0 fully saturated rings.